The Morgan fingerprint density at radius 1 is 1.19 bits per heavy atom. The number of benzene rings is 1. The second kappa shape index (κ2) is 7.25. The van der Waals surface area contributed by atoms with Gasteiger partial charge in [0.15, 0.2) is 0 Å². The number of hydrogen-bond acceptors (Lipinski definition) is 5. The van der Waals surface area contributed by atoms with E-state index in [9.17, 15) is 14.4 Å². The number of carbonyl (C=O) groups is 3. The van der Waals surface area contributed by atoms with Crippen LogP contribution in [0.25, 0.3) is 0 Å². The molecule has 0 spiro atoms. The van der Waals surface area contributed by atoms with E-state index in [1.807, 2.05) is 0 Å². The molecule has 0 saturated carbocycles. The highest BCUT2D eigenvalue weighted by atomic mass is 16.4. The first-order valence-electron chi connectivity index (χ1n) is 6.14. The van der Waals surface area contributed by atoms with Gasteiger partial charge in [0.1, 0.15) is 11.8 Å². The van der Waals surface area contributed by atoms with Crippen molar-refractivity contribution in [2.24, 2.45) is 11.5 Å². The first kappa shape index (κ1) is 16.4. The van der Waals surface area contributed by atoms with Crippen LogP contribution in [0.15, 0.2) is 24.3 Å². The van der Waals surface area contributed by atoms with E-state index in [2.05, 4.69) is 5.32 Å². The van der Waals surface area contributed by atoms with E-state index in [1.165, 1.54) is 12.1 Å². The first-order chi connectivity index (χ1) is 9.79. The summed E-state index contributed by atoms with van der Waals surface area (Å²) in [5.74, 6) is -2.81. The van der Waals surface area contributed by atoms with Crippen LogP contribution in [0.2, 0.25) is 0 Å². The van der Waals surface area contributed by atoms with E-state index in [0.29, 0.717) is 5.56 Å². The first-order valence-corrected chi connectivity index (χ1v) is 6.14. The van der Waals surface area contributed by atoms with Gasteiger partial charge in [0.25, 0.3) is 0 Å². The summed E-state index contributed by atoms with van der Waals surface area (Å²) in [7, 11) is 0. The third-order valence-corrected chi connectivity index (χ3v) is 2.75. The van der Waals surface area contributed by atoms with Crippen LogP contribution >= 0.6 is 0 Å². The molecule has 0 saturated heterocycles. The lowest BCUT2D eigenvalue weighted by Crippen LogP contribution is -2.50. The minimum atomic E-state index is -1.40. The van der Waals surface area contributed by atoms with Crippen LogP contribution in [0, 0.1) is 0 Å². The summed E-state index contributed by atoms with van der Waals surface area (Å²) >= 11 is 0. The molecule has 2 amide bonds. The number of carbonyl (C=O) groups excluding carboxylic acids is 2. The average Bonchev–Trinajstić information content (AvgIpc) is 2.39. The minimum Gasteiger partial charge on any atom is -0.508 e. The van der Waals surface area contributed by atoms with E-state index in [4.69, 9.17) is 21.7 Å². The molecule has 2 atom stereocenters. The number of phenolic OH excluding ortho intramolecular Hbond substituents is 1. The van der Waals surface area contributed by atoms with Crippen molar-refractivity contribution in [2.75, 3.05) is 0 Å². The Kier molecular flexibility index (Phi) is 5.67. The Bertz CT molecular complexity index is 529. The molecule has 0 unspecified atom stereocenters. The summed E-state index contributed by atoms with van der Waals surface area (Å²) in [6.45, 7) is 0. The third-order valence-electron chi connectivity index (χ3n) is 2.75. The number of aromatic hydroxyl groups is 1. The molecule has 0 aliphatic rings. The predicted molar refractivity (Wildman–Crippen MR) is 73.2 cm³/mol. The van der Waals surface area contributed by atoms with Gasteiger partial charge < -0.3 is 27.0 Å². The van der Waals surface area contributed by atoms with Gasteiger partial charge in [-0.3, -0.25) is 9.59 Å². The van der Waals surface area contributed by atoms with Gasteiger partial charge in [0, 0.05) is 0 Å². The van der Waals surface area contributed by atoms with Gasteiger partial charge >= 0.3 is 5.97 Å². The molecule has 0 heterocycles. The van der Waals surface area contributed by atoms with Crippen LogP contribution < -0.4 is 16.8 Å². The molecule has 0 aliphatic heterocycles. The van der Waals surface area contributed by atoms with Gasteiger partial charge in [-0.15, -0.1) is 0 Å². The number of nitrogens with one attached hydrogen (secondary N) is 1. The molecule has 0 fully saturated rings. The summed E-state index contributed by atoms with van der Waals surface area (Å²) in [6.07, 6.45) is -0.345. The van der Waals surface area contributed by atoms with Crippen LogP contribution in [0.3, 0.4) is 0 Å². The maximum atomic E-state index is 11.8. The van der Waals surface area contributed by atoms with E-state index in [-0.39, 0.29) is 12.2 Å². The number of carboxylic acids is 1. The SMILES string of the molecule is NC(=O)C[C@@H](NC(=O)[C@H](N)Cc1ccc(O)cc1)C(=O)O. The monoisotopic (exact) mass is 295 g/mol. The van der Waals surface area contributed by atoms with E-state index >= 15 is 0 Å². The fourth-order valence-corrected chi connectivity index (χ4v) is 1.66. The smallest absolute Gasteiger partial charge is 0.326 e. The summed E-state index contributed by atoms with van der Waals surface area (Å²) < 4.78 is 0. The van der Waals surface area contributed by atoms with Crippen LogP contribution in [0.5, 0.6) is 5.75 Å². The standard InChI is InChI=1S/C13H17N3O5/c14-9(5-7-1-3-8(17)4-2-7)12(19)16-10(13(20)21)6-11(15)18/h1-4,9-10,17H,5-6,14H2,(H2,15,18)(H,16,19)(H,20,21)/t9-,10-/m1/s1. The molecule has 7 N–H and O–H groups in total. The second-order valence-electron chi connectivity index (χ2n) is 4.55. The van der Waals surface area contributed by atoms with Gasteiger partial charge in [0.05, 0.1) is 12.5 Å². The maximum absolute atomic E-state index is 11.8. The number of aliphatic carboxylic acids is 1. The molecule has 0 aliphatic carbocycles. The molecule has 0 aromatic heterocycles. The molecular formula is C13H17N3O5. The topological polar surface area (TPSA) is 156 Å². The average molecular weight is 295 g/mol. The van der Waals surface area contributed by atoms with E-state index < -0.39 is 36.3 Å². The molecular weight excluding hydrogens is 278 g/mol. The number of hydrogen-bond donors (Lipinski definition) is 5. The lowest BCUT2D eigenvalue weighted by molar-refractivity contribution is -0.143. The Hall–Kier alpha value is -2.61. The molecule has 0 bridgehead atoms. The molecule has 8 heteroatoms. The summed E-state index contributed by atoms with van der Waals surface area (Å²) in [5, 5.41) is 20.2. The van der Waals surface area contributed by atoms with Crippen LogP contribution in [-0.4, -0.2) is 40.1 Å². The molecule has 1 aromatic rings. The fraction of sp³-hybridized carbons (Fsp3) is 0.308. The maximum Gasteiger partial charge on any atom is 0.326 e. The number of nitrogens with two attached hydrogens (primary N) is 2. The summed E-state index contributed by atoms with van der Waals surface area (Å²) in [4.78, 5) is 33.4. The molecule has 0 radical (unpaired) electrons. The highest BCUT2D eigenvalue weighted by molar-refractivity contribution is 5.90. The lowest BCUT2D eigenvalue weighted by Gasteiger charge is -2.16. The Balaban J connectivity index is 2.62. The molecule has 8 nitrogen and oxygen atoms in total. The summed E-state index contributed by atoms with van der Waals surface area (Å²) in [5.41, 5.74) is 11.3. The van der Waals surface area contributed by atoms with Crippen molar-refractivity contribution < 1.29 is 24.6 Å². The molecule has 21 heavy (non-hydrogen) atoms. The van der Waals surface area contributed by atoms with E-state index in [0.717, 1.165) is 0 Å². The number of amides is 2. The van der Waals surface area contributed by atoms with Gasteiger partial charge in [-0.2, -0.15) is 0 Å². The zero-order chi connectivity index (χ0) is 16.0. The van der Waals surface area contributed by atoms with E-state index in [1.54, 1.807) is 12.1 Å². The zero-order valence-corrected chi connectivity index (χ0v) is 11.2. The fourth-order valence-electron chi connectivity index (χ4n) is 1.66. The second-order valence-corrected chi connectivity index (χ2v) is 4.55. The molecule has 1 rings (SSSR count). The number of primary amides is 1. The Morgan fingerprint density at radius 3 is 2.24 bits per heavy atom. The van der Waals surface area contributed by atoms with Crippen molar-refractivity contribution in [2.45, 2.75) is 24.9 Å². The Morgan fingerprint density at radius 2 is 1.76 bits per heavy atom. The third kappa shape index (κ3) is 5.49. The van der Waals surface area contributed by atoms with Gasteiger partial charge in [-0.05, 0) is 24.1 Å². The number of phenols is 1. The molecule has 114 valence electrons. The normalized spacial score (nSPS) is 13.2. The number of rotatable bonds is 7. The summed E-state index contributed by atoms with van der Waals surface area (Å²) in [6, 6.07) is 3.71. The quantitative estimate of drug-likeness (QED) is 0.421. The van der Waals surface area contributed by atoms with Crippen molar-refractivity contribution in [3.05, 3.63) is 29.8 Å². The van der Waals surface area contributed by atoms with Crippen molar-refractivity contribution in [3.63, 3.8) is 0 Å². The number of carboxylic acid groups (broad SMARTS) is 1. The predicted octanol–water partition coefficient (Wildman–Crippen LogP) is -1.29. The van der Waals surface area contributed by atoms with Gasteiger partial charge in [0.2, 0.25) is 11.8 Å². The van der Waals surface area contributed by atoms with Gasteiger partial charge in [-0.1, -0.05) is 12.1 Å². The van der Waals surface area contributed by atoms with Crippen molar-refractivity contribution in [1.29, 1.82) is 0 Å². The lowest BCUT2D eigenvalue weighted by atomic mass is 10.1. The highest BCUT2D eigenvalue weighted by Crippen LogP contribution is 2.11. The minimum absolute atomic E-state index is 0.0872. The largest absolute Gasteiger partial charge is 0.508 e. The van der Waals surface area contributed by atoms with Crippen molar-refractivity contribution >= 4 is 17.8 Å². The van der Waals surface area contributed by atoms with Crippen molar-refractivity contribution in [1.82, 2.24) is 5.32 Å². The highest BCUT2D eigenvalue weighted by Gasteiger charge is 2.24. The van der Waals surface area contributed by atoms with Crippen LogP contribution in [0.4, 0.5) is 0 Å². The molecule has 1 aromatic carbocycles. The van der Waals surface area contributed by atoms with Crippen LogP contribution in [-0.2, 0) is 20.8 Å². The zero-order valence-electron chi connectivity index (χ0n) is 11.2. The van der Waals surface area contributed by atoms with Gasteiger partial charge in [-0.25, -0.2) is 4.79 Å². The van der Waals surface area contributed by atoms with Crippen molar-refractivity contribution in [3.8, 4) is 5.75 Å². The van der Waals surface area contributed by atoms with Crippen LogP contribution in [0.1, 0.15) is 12.0 Å². The Labute approximate surface area is 120 Å².